The van der Waals surface area contributed by atoms with E-state index in [2.05, 4.69) is 34.7 Å². The molecule has 0 bridgehead atoms. The molecule has 5 rings (SSSR count). The van der Waals surface area contributed by atoms with Gasteiger partial charge in [0.1, 0.15) is 5.65 Å². The van der Waals surface area contributed by atoms with Gasteiger partial charge in [-0.3, -0.25) is 14.0 Å². The number of rotatable bonds is 5. The summed E-state index contributed by atoms with van der Waals surface area (Å²) >= 11 is 0. The number of pyridine rings is 1. The van der Waals surface area contributed by atoms with Crippen molar-refractivity contribution in [3.05, 3.63) is 57.5 Å². The molecule has 0 spiro atoms. The first kappa shape index (κ1) is 16.8. The van der Waals surface area contributed by atoms with Crippen LogP contribution >= 0.6 is 0 Å². The molecule has 5 heteroatoms. The Kier molecular flexibility index (Phi) is 4.12. The smallest absolute Gasteiger partial charge is 0.260 e. The van der Waals surface area contributed by atoms with Crippen LogP contribution in [0, 0.1) is 5.92 Å². The third-order valence-corrected chi connectivity index (χ3v) is 6.03. The zero-order chi connectivity index (χ0) is 18.4. The van der Waals surface area contributed by atoms with Crippen molar-refractivity contribution >= 4 is 11.0 Å². The van der Waals surface area contributed by atoms with Gasteiger partial charge in [0.2, 0.25) is 0 Å². The van der Waals surface area contributed by atoms with Crippen LogP contribution in [0.15, 0.2) is 35.3 Å². The van der Waals surface area contributed by atoms with Crippen LogP contribution < -0.4 is 10.9 Å². The fourth-order valence-electron chi connectivity index (χ4n) is 4.32. The van der Waals surface area contributed by atoms with Crippen LogP contribution in [0.5, 0.6) is 0 Å². The molecule has 0 amide bonds. The molecule has 2 heterocycles. The second-order valence-corrected chi connectivity index (χ2v) is 8.05. The van der Waals surface area contributed by atoms with E-state index in [0.29, 0.717) is 0 Å². The van der Waals surface area contributed by atoms with Crippen LogP contribution in [-0.2, 0) is 26.4 Å². The summed E-state index contributed by atoms with van der Waals surface area (Å²) in [4.78, 5) is 13.3. The zero-order valence-corrected chi connectivity index (χ0v) is 15.9. The SMILES string of the molecule is Cn1ncc2c3c(c(=O)n(-c4ccc(CNCC5CC5)cc4)c21)CCCC3. The molecular weight excluding hydrogens is 336 g/mol. The zero-order valence-electron chi connectivity index (χ0n) is 15.9. The van der Waals surface area contributed by atoms with Crippen molar-refractivity contribution in [2.75, 3.05) is 6.54 Å². The monoisotopic (exact) mass is 362 g/mol. The molecule has 1 fully saturated rings. The molecule has 1 saturated carbocycles. The Hall–Kier alpha value is -2.40. The van der Waals surface area contributed by atoms with Gasteiger partial charge in [0, 0.05) is 24.5 Å². The molecule has 2 aliphatic rings. The lowest BCUT2D eigenvalue weighted by Gasteiger charge is -2.19. The Bertz CT molecular complexity index is 1040. The van der Waals surface area contributed by atoms with Crippen LogP contribution in [0.3, 0.4) is 0 Å². The molecule has 2 aliphatic carbocycles. The quantitative estimate of drug-likeness (QED) is 0.759. The van der Waals surface area contributed by atoms with Crippen molar-refractivity contribution in [3.8, 4) is 5.69 Å². The highest BCUT2D eigenvalue weighted by Crippen LogP contribution is 2.28. The minimum atomic E-state index is 0.125. The Labute approximate surface area is 159 Å². The van der Waals surface area contributed by atoms with Gasteiger partial charge in [-0.15, -0.1) is 0 Å². The number of fused-ring (bicyclic) bond motifs is 3. The maximum absolute atomic E-state index is 13.3. The average Bonchev–Trinajstić information content (AvgIpc) is 3.45. The predicted molar refractivity (Wildman–Crippen MR) is 107 cm³/mol. The normalized spacial score (nSPS) is 16.6. The topological polar surface area (TPSA) is 51.9 Å². The third kappa shape index (κ3) is 3.00. The second-order valence-electron chi connectivity index (χ2n) is 8.05. The van der Waals surface area contributed by atoms with Crippen molar-refractivity contribution in [3.63, 3.8) is 0 Å². The summed E-state index contributed by atoms with van der Waals surface area (Å²) in [5, 5.41) is 9.11. The van der Waals surface area contributed by atoms with Gasteiger partial charge >= 0.3 is 0 Å². The first-order valence-electron chi connectivity index (χ1n) is 10.1. The maximum Gasteiger partial charge on any atom is 0.260 e. The summed E-state index contributed by atoms with van der Waals surface area (Å²) < 4.78 is 3.69. The molecule has 0 unspecified atom stereocenters. The Balaban J connectivity index is 1.55. The summed E-state index contributed by atoms with van der Waals surface area (Å²) in [6.45, 7) is 2.00. The van der Waals surface area contributed by atoms with E-state index in [4.69, 9.17) is 0 Å². The molecule has 1 N–H and O–H groups in total. The van der Waals surface area contributed by atoms with E-state index in [1.54, 1.807) is 0 Å². The van der Waals surface area contributed by atoms with Gasteiger partial charge in [0.15, 0.2) is 0 Å². The van der Waals surface area contributed by atoms with Gasteiger partial charge in [-0.1, -0.05) is 12.1 Å². The fourth-order valence-corrected chi connectivity index (χ4v) is 4.32. The third-order valence-electron chi connectivity index (χ3n) is 6.03. The molecule has 1 aromatic carbocycles. The highest BCUT2D eigenvalue weighted by molar-refractivity contribution is 5.82. The fraction of sp³-hybridized carbons (Fsp3) is 0.455. The molecule has 5 nitrogen and oxygen atoms in total. The van der Waals surface area contributed by atoms with E-state index >= 15 is 0 Å². The van der Waals surface area contributed by atoms with Gasteiger partial charge in [0.25, 0.3) is 5.56 Å². The molecule has 0 saturated heterocycles. The summed E-state index contributed by atoms with van der Waals surface area (Å²) in [6, 6.07) is 8.39. The maximum atomic E-state index is 13.3. The van der Waals surface area contributed by atoms with E-state index < -0.39 is 0 Å². The van der Waals surface area contributed by atoms with Gasteiger partial charge in [0.05, 0.1) is 11.9 Å². The number of hydrogen-bond acceptors (Lipinski definition) is 3. The van der Waals surface area contributed by atoms with Gasteiger partial charge in [-0.05, 0) is 74.2 Å². The molecule has 27 heavy (non-hydrogen) atoms. The lowest BCUT2D eigenvalue weighted by molar-refractivity contribution is 0.638. The first-order chi connectivity index (χ1) is 13.2. The van der Waals surface area contributed by atoms with Crippen LogP contribution in [0.4, 0.5) is 0 Å². The summed E-state index contributed by atoms with van der Waals surface area (Å²) in [7, 11) is 1.92. The van der Waals surface area contributed by atoms with Crippen molar-refractivity contribution in [1.82, 2.24) is 19.7 Å². The van der Waals surface area contributed by atoms with Crippen LogP contribution in [-0.4, -0.2) is 20.9 Å². The number of hydrogen-bond donors (Lipinski definition) is 1. The lowest BCUT2D eigenvalue weighted by atomic mass is 9.91. The molecule has 3 aromatic rings. The number of nitrogens with zero attached hydrogens (tertiary/aromatic N) is 3. The summed E-state index contributed by atoms with van der Waals surface area (Å²) in [6.07, 6.45) is 8.78. The average molecular weight is 362 g/mol. The van der Waals surface area contributed by atoms with Gasteiger partial charge in [-0.25, -0.2) is 0 Å². The highest BCUT2D eigenvalue weighted by Gasteiger charge is 2.22. The first-order valence-corrected chi connectivity index (χ1v) is 10.1. The Morgan fingerprint density at radius 3 is 2.59 bits per heavy atom. The van der Waals surface area contributed by atoms with Crippen molar-refractivity contribution < 1.29 is 0 Å². The van der Waals surface area contributed by atoms with Gasteiger partial charge < -0.3 is 5.32 Å². The molecule has 0 aliphatic heterocycles. The number of aryl methyl sites for hydroxylation is 2. The van der Waals surface area contributed by atoms with Crippen LogP contribution in [0.25, 0.3) is 16.7 Å². The molecule has 140 valence electrons. The van der Waals surface area contributed by atoms with E-state index in [1.165, 1.54) is 24.0 Å². The standard InChI is InChI=1S/C22H26N4O/c1-25-21-20(14-24-25)18-4-2-3-5-19(18)22(27)26(21)17-10-8-16(9-11-17)13-23-12-15-6-7-15/h8-11,14-15,23H,2-7,12-13H2,1H3. The van der Waals surface area contributed by atoms with Gasteiger partial charge in [-0.2, -0.15) is 5.10 Å². The van der Waals surface area contributed by atoms with Crippen molar-refractivity contribution in [2.24, 2.45) is 13.0 Å². The van der Waals surface area contributed by atoms with Crippen LogP contribution in [0.2, 0.25) is 0 Å². The lowest BCUT2D eigenvalue weighted by Crippen LogP contribution is -2.27. The van der Waals surface area contributed by atoms with Crippen molar-refractivity contribution in [1.29, 1.82) is 0 Å². The number of aromatic nitrogens is 3. The minimum absolute atomic E-state index is 0.125. The summed E-state index contributed by atoms with van der Waals surface area (Å²) in [5.74, 6) is 0.886. The van der Waals surface area contributed by atoms with Crippen molar-refractivity contribution in [2.45, 2.75) is 45.1 Å². The summed E-state index contributed by atoms with van der Waals surface area (Å²) in [5.41, 5.74) is 5.41. The molecular formula is C22H26N4O. The predicted octanol–water partition coefficient (Wildman–Crippen LogP) is 3.10. The largest absolute Gasteiger partial charge is 0.312 e. The Morgan fingerprint density at radius 2 is 1.85 bits per heavy atom. The number of benzene rings is 1. The van der Waals surface area contributed by atoms with Crippen LogP contribution in [0.1, 0.15) is 42.4 Å². The van der Waals surface area contributed by atoms with E-state index in [1.807, 2.05) is 22.5 Å². The molecule has 0 radical (unpaired) electrons. The van der Waals surface area contributed by atoms with E-state index in [0.717, 1.165) is 67.0 Å². The Morgan fingerprint density at radius 1 is 1.11 bits per heavy atom. The highest BCUT2D eigenvalue weighted by atomic mass is 16.1. The number of nitrogens with one attached hydrogen (secondary N) is 1. The van der Waals surface area contributed by atoms with E-state index in [-0.39, 0.29) is 5.56 Å². The second kappa shape index (κ2) is 6.64. The molecule has 0 atom stereocenters. The molecule has 2 aromatic heterocycles. The van der Waals surface area contributed by atoms with E-state index in [9.17, 15) is 4.79 Å². The minimum Gasteiger partial charge on any atom is -0.312 e.